The fraction of sp³-hybridized carbons (Fsp3) is 0.667. The lowest BCUT2D eigenvalue weighted by molar-refractivity contribution is -0.142. The van der Waals surface area contributed by atoms with Crippen molar-refractivity contribution in [2.75, 3.05) is 39.4 Å². The van der Waals surface area contributed by atoms with Gasteiger partial charge in [-0.1, -0.05) is 0 Å². The van der Waals surface area contributed by atoms with Crippen LogP contribution in [-0.2, 0) is 16.1 Å². The van der Waals surface area contributed by atoms with Gasteiger partial charge in [0.05, 0.1) is 5.54 Å². The lowest BCUT2D eigenvalue weighted by Crippen LogP contribution is -2.61. The summed E-state index contributed by atoms with van der Waals surface area (Å²) in [6, 6.07) is 2.17. The molecule has 0 bridgehead atoms. The summed E-state index contributed by atoms with van der Waals surface area (Å²) in [7, 11) is 0. The van der Waals surface area contributed by atoms with E-state index in [1.165, 1.54) is 5.56 Å². The number of hydrogen-bond acceptors (Lipinski definition) is 5. The van der Waals surface area contributed by atoms with Crippen molar-refractivity contribution in [2.24, 2.45) is 5.73 Å². The zero-order chi connectivity index (χ0) is 14.7. The van der Waals surface area contributed by atoms with Crippen molar-refractivity contribution < 1.29 is 9.53 Å². The van der Waals surface area contributed by atoms with Gasteiger partial charge in [-0.15, -0.1) is 0 Å². The van der Waals surface area contributed by atoms with Crippen molar-refractivity contribution in [3.05, 3.63) is 22.4 Å². The molecule has 0 saturated carbocycles. The van der Waals surface area contributed by atoms with E-state index in [1.54, 1.807) is 11.3 Å². The number of amides is 1. The fourth-order valence-corrected chi connectivity index (χ4v) is 3.67. The summed E-state index contributed by atoms with van der Waals surface area (Å²) < 4.78 is 5.32. The first kappa shape index (κ1) is 15.0. The molecule has 5 nitrogen and oxygen atoms in total. The highest BCUT2D eigenvalue weighted by Gasteiger charge is 2.39. The maximum atomic E-state index is 12.6. The molecular formula is C15H23N3O2S. The first-order valence-electron chi connectivity index (χ1n) is 7.57. The Morgan fingerprint density at radius 2 is 2.00 bits per heavy atom. The van der Waals surface area contributed by atoms with E-state index >= 15 is 0 Å². The molecule has 0 aromatic carbocycles. The van der Waals surface area contributed by atoms with Crippen molar-refractivity contribution >= 4 is 17.2 Å². The third kappa shape index (κ3) is 3.45. The lowest BCUT2D eigenvalue weighted by Gasteiger charge is -2.40. The summed E-state index contributed by atoms with van der Waals surface area (Å²) in [5.41, 5.74) is 6.95. The molecule has 2 saturated heterocycles. The van der Waals surface area contributed by atoms with Crippen molar-refractivity contribution in [3.8, 4) is 0 Å². The predicted molar refractivity (Wildman–Crippen MR) is 83.1 cm³/mol. The Labute approximate surface area is 129 Å². The van der Waals surface area contributed by atoms with Gasteiger partial charge >= 0.3 is 0 Å². The molecule has 0 atom stereocenters. The Morgan fingerprint density at radius 3 is 2.62 bits per heavy atom. The minimum absolute atomic E-state index is 0.112. The van der Waals surface area contributed by atoms with Gasteiger partial charge in [0, 0.05) is 45.9 Å². The molecule has 2 aliphatic heterocycles. The molecule has 0 aliphatic carbocycles. The minimum atomic E-state index is -0.701. The molecule has 1 aromatic rings. The Hall–Kier alpha value is -0.950. The summed E-state index contributed by atoms with van der Waals surface area (Å²) in [6.45, 7) is 5.59. The molecule has 21 heavy (non-hydrogen) atoms. The Bertz CT molecular complexity index is 463. The van der Waals surface area contributed by atoms with Gasteiger partial charge in [-0.25, -0.2) is 0 Å². The van der Waals surface area contributed by atoms with Crippen LogP contribution in [0.25, 0.3) is 0 Å². The highest BCUT2D eigenvalue weighted by Crippen LogP contribution is 2.21. The molecule has 3 heterocycles. The van der Waals surface area contributed by atoms with Crippen LogP contribution in [0.5, 0.6) is 0 Å². The van der Waals surface area contributed by atoms with Gasteiger partial charge in [-0.3, -0.25) is 9.69 Å². The van der Waals surface area contributed by atoms with E-state index in [4.69, 9.17) is 10.5 Å². The molecule has 2 fully saturated rings. The zero-order valence-electron chi connectivity index (χ0n) is 12.3. The van der Waals surface area contributed by atoms with Gasteiger partial charge in [0.15, 0.2) is 0 Å². The molecule has 0 radical (unpaired) electrons. The third-order valence-electron chi connectivity index (χ3n) is 4.46. The molecule has 2 N–H and O–H groups in total. The molecule has 2 aliphatic rings. The summed E-state index contributed by atoms with van der Waals surface area (Å²) in [6.07, 6.45) is 1.28. The third-order valence-corrected chi connectivity index (χ3v) is 5.19. The van der Waals surface area contributed by atoms with Crippen LogP contribution in [0.3, 0.4) is 0 Å². The Balaban J connectivity index is 1.52. The van der Waals surface area contributed by atoms with E-state index in [9.17, 15) is 4.79 Å². The molecule has 0 spiro atoms. The number of nitrogens with two attached hydrogens (primary N) is 1. The van der Waals surface area contributed by atoms with Crippen LogP contribution >= 0.6 is 11.3 Å². The maximum Gasteiger partial charge on any atom is 0.242 e. The van der Waals surface area contributed by atoms with Crippen molar-refractivity contribution in [2.45, 2.75) is 24.9 Å². The number of carbonyl (C=O) groups excluding carboxylic acids is 1. The quantitative estimate of drug-likeness (QED) is 0.901. The van der Waals surface area contributed by atoms with E-state index in [2.05, 4.69) is 21.7 Å². The molecule has 0 unspecified atom stereocenters. The largest absolute Gasteiger partial charge is 0.381 e. The summed E-state index contributed by atoms with van der Waals surface area (Å²) >= 11 is 1.73. The number of ether oxygens (including phenoxy) is 1. The molecule has 116 valence electrons. The lowest BCUT2D eigenvalue weighted by atomic mass is 9.89. The predicted octanol–water partition coefficient (Wildman–Crippen LogP) is 0.900. The van der Waals surface area contributed by atoms with Crippen LogP contribution in [0, 0.1) is 0 Å². The van der Waals surface area contributed by atoms with Gasteiger partial charge in [0.1, 0.15) is 0 Å². The second kappa shape index (κ2) is 6.44. The second-order valence-corrected chi connectivity index (χ2v) is 6.75. The average molecular weight is 309 g/mol. The normalized spacial score (nSPS) is 23.2. The first-order valence-corrected chi connectivity index (χ1v) is 8.51. The number of carbonyl (C=O) groups is 1. The number of hydrogen-bond donors (Lipinski definition) is 1. The van der Waals surface area contributed by atoms with Crippen LogP contribution in [0.4, 0.5) is 0 Å². The maximum absolute atomic E-state index is 12.6. The Morgan fingerprint density at radius 1 is 1.29 bits per heavy atom. The molecule has 1 aromatic heterocycles. The van der Waals surface area contributed by atoms with Gasteiger partial charge in [-0.05, 0) is 35.2 Å². The Kier molecular flexibility index (Phi) is 4.59. The van der Waals surface area contributed by atoms with Gasteiger partial charge in [0.2, 0.25) is 5.91 Å². The van der Waals surface area contributed by atoms with E-state index in [0.717, 1.165) is 32.7 Å². The number of nitrogens with zero attached hydrogens (tertiary/aromatic N) is 2. The van der Waals surface area contributed by atoms with Crippen molar-refractivity contribution in [1.82, 2.24) is 9.80 Å². The fourth-order valence-electron chi connectivity index (χ4n) is 3.01. The van der Waals surface area contributed by atoms with Gasteiger partial charge in [0.25, 0.3) is 0 Å². The average Bonchev–Trinajstić information content (AvgIpc) is 3.01. The van der Waals surface area contributed by atoms with Crippen molar-refractivity contribution in [1.29, 1.82) is 0 Å². The first-order chi connectivity index (χ1) is 10.2. The summed E-state index contributed by atoms with van der Waals surface area (Å²) in [4.78, 5) is 17.0. The zero-order valence-corrected chi connectivity index (χ0v) is 13.1. The van der Waals surface area contributed by atoms with E-state index in [1.807, 2.05) is 4.90 Å². The van der Waals surface area contributed by atoms with Gasteiger partial charge in [-0.2, -0.15) is 11.3 Å². The summed E-state index contributed by atoms with van der Waals surface area (Å²) in [5, 5.41) is 4.30. The highest BCUT2D eigenvalue weighted by molar-refractivity contribution is 7.07. The van der Waals surface area contributed by atoms with Crippen LogP contribution in [0.2, 0.25) is 0 Å². The van der Waals surface area contributed by atoms with Crippen LogP contribution in [-0.4, -0.2) is 60.6 Å². The van der Waals surface area contributed by atoms with Crippen LogP contribution in [0.15, 0.2) is 16.8 Å². The number of rotatable bonds is 3. The number of piperazine rings is 1. The second-order valence-electron chi connectivity index (χ2n) is 5.97. The van der Waals surface area contributed by atoms with E-state index in [0.29, 0.717) is 26.1 Å². The minimum Gasteiger partial charge on any atom is -0.381 e. The van der Waals surface area contributed by atoms with E-state index in [-0.39, 0.29) is 5.91 Å². The molecular weight excluding hydrogens is 286 g/mol. The molecule has 1 amide bonds. The molecule has 6 heteroatoms. The van der Waals surface area contributed by atoms with Crippen LogP contribution < -0.4 is 5.73 Å². The smallest absolute Gasteiger partial charge is 0.242 e. The standard InChI is InChI=1S/C15H23N3O2S/c16-15(2-8-20-9-3-15)14(19)18-6-4-17(5-7-18)11-13-1-10-21-12-13/h1,10,12H,2-9,11,16H2. The number of thiophene rings is 1. The topological polar surface area (TPSA) is 58.8 Å². The monoisotopic (exact) mass is 309 g/mol. The SMILES string of the molecule is NC1(C(=O)N2CCN(Cc3ccsc3)CC2)CCOCC1. The van der Waals surface area contributed by atoms with Crippen LogP contribution in [0.1, 0.15) is 18.4 Å². The van der Waals surface area contributed by atoms with Gasteiger partial charge < -0.3 is 15.4 Å². The highest BCUT2D eigenvalue weighted by atomic mass is 32.1. The van der Waals surface area contributed by atoms with E-state index < -0.39 is 5.54 Å². The summed E-state index contributed by atoms with van der Waals surface area (Å²) in [5.74, 6) is 0.112. The molecule has 3 rings (SSSR count). The van der Waals surface area contributed by atoms with Crippen molar-refractivity contribution in [3.63, 3.8) is 0 Å².